The Morgan fingerprint density at radius 1 is 0.812 bits per heavy atom. The molecule has 0 saturated carbocycles. The molecule has 0 heterocycles. The molecule has 2 aromatic carbocycles. The maximum absolute atomic E-state index is 10.0. The van der Waals surface area contributed by atoms with Gasteiger partial charge in [-0.1, -0.05) is 48.5 Å². The van der Waals surface area contributed by atoms with Crippen LogP contribution in [0.3, 0.4) is 0 Å². The van der Waals surface area contributed by atoms with Crippen LogP contribution in [-0.2, 0) is 16.9 Å². The highest BCUT2D eigenvalue weighted by Gasteiger charge is 2.18. The van der Waals surface area contributed by atoms with Crippen molar-refractivity contribution >= 4 is 11.2 Å². The Bertz CT molecular complexity index is 405. The summed E-state index contributed by atoms with van der Waals surface area (Å²) in [6.07, 6.45) is 0. The van der Waals surface area contributed by atoms with E-state index in [1.807, 2.05) is 60.7 Å². The van der Waals surface area contributed by atoms with Crippen LogP contribution in [0.5, 0.6) is 0 Å². The van der Waals surface area contributed by atoms with Crippen LogP contribution in [0.25, 0.3) is 0 Å². The SMILES string of the molecule is O[S+](Cc1ccccc1)c1ccccc1.[Cl-]. The van der Waals surface area contributed by atoms with Crippen molar-refractivity contribution in [2.75, 3.05) is 0 Å². The van der Waals surface area contributed by atoms with Crippen LogP contribution in [0, 0.1) is 0 Å². The van der Waals surface area contributed by atoms with Crippen LogP contribution >= 0.6 is 0 Å². The summed E-state index contributed by atoms with van der Waals surface area (Å²) < 4.78 is 10.0. The summed E-state index contributed by atoms with van der Waals surface area (Å²) in [7, 11) is 0. The van der Waals surface area contributed by atoms with Crippen LogP contribution in [0.4, 0.5) is 0 Å². The minimum atomic E-state index is -0.684. The summed E-state index contributed by atoms with van der Waals surface area (Å²) >= 11 is -0.684. The highest BCUT2D eigenvalue weighted by atomic mass is 35.5. The largest absolute Gasteiger partial charge is 1.00 e. The third kappa shape index (κ3) is 3.56. The highest BCUT2D eigenvalue weighted by molar-refractivity contribution is 7.90. The lowest BCUT2D eigenvalue weighted by molar-refractivity contribution is -0.00000408. The summed E-state index contributed by atoms with van der Waals surface area (Å²) in [5, 5.41) is 0. The van der Waals surface area contributed by atoms with Gasteiger partial charge in [0.15, 0.2) is 21.8 Å². The van der Waals surface area contributed by atoms with E-state index >= 15 is 0 Å². The molecule has 0 aromatic heterocycles. The first kappa shape index (κ1) is 13.1. The zero-order valence-electron chi connectivity index (χ0n) is 8.71. The van der Waals surface area contributed by atoms with Crippen molar-refractivity contribution in [2.24, 2.45) is 0 Å². The Morgan fingerprint density at radius 2 is 1.31 bits per heavy atom. The van der Waals surface area contributed by atoms with E-state index < -0.39 is 11.2 Å². The molecule has 1 nitrogen and oxygen atoms in total. The fourth-order valence-corrected chi connectivity index (χ4v) is 2.54. The van der Waals surface area contributed by atoms with E-state index in [9.17, 15) is 4.55 Å². The number of rotatable bonds is 3. The quantitative estimate of drug-likeness (QED) is 0.782. The molecule has 0 amide bonds. The Balaban J connectivity index is 0.00000128. The Labute approximate surface area is 105 Å². The van der Waals surface area contributed by atoms with Crippen molar-refractivity contribution in [2.45, 2.75) is 10.6 Å². The second kappa shape index (κ2) is 6.59. The first-order chi connectivity index (χ1) is 7.36. The van der Waals surface area contributed by atoms with Crippen LogP contribution in [-0.4, -0.2) is 4.55 Å². The summed E-state index contributed by atoms with van der Waals surface area (Å²) in [6, 6.07) is 19.9. The molecular weight excluding hydrogens is 240 g/mol. The predicted molar refractivity (Wildman–Crippen MR) is 64.8 cm³/mol. The molecule has 1 unspecified atom stereocenters. The molecule has 0 radical (unpaired) electrons. The van der Waals surface area contributed by atoms with Crippen molar-refractivity contribution in [1.29, 1.82) is 0 Å². The topological polar surface area (TPSA) is 20.2 Å². The molecule has 1 N–H and O–H groups in total. The van der Waals surface area contributed by atoms with Crippen LogP contribution in [0.1, 0.15) is 5.56 Å². The molecule has 0 bridgehead atoms. The van der Waals surface area contributed by atoms with Crippen molar-refractivity contribution in [3.05, 3.63) is 66.2 Å². The van der Waals surface area contributed by atoms with Gasteiger partial charge in [0.2, 0.25) is 0 Å². The number of hydrogen-bond acceptors (Lipinski definition) is 1. The second-order valence-electron chi connectivity index (χ2n) is 3.31. The highest BCUT2D eigenvalue weighted by Crippen LogP contribution is 2.15. The average Bonchev–Trinajstić information content (AvgIpc) is 2.31. The van der Waals surface area contributed by atoms with E-state index in [1.165, 1.54) is 5.56 Å². The third-order valence-electron chi connectivity index (χ3n) is 2.16. The molecule has 2 aromatic rings. The van der Waals surface area contributed by atoms with E-state index in [2.05, 4.69) is 0 Å². The molecule has 0 aliphatic rings. The van der Waals surface area contributed by atoms with Gasteiger partial charge in [0.1, 0.15) is 0 Å². The molecular formula is C13H13ClOS. The number of benzene rings is 2. The van der Waals surface area contributed by atoms with E-state index in [0.717, 1.165) is 4.90 Å². The molecule has 1 atom stereocenters. The Morgan fingerprint density at radius 3 is 1.88 bits per heavy atom. The molecule has 0 fully saturated rings. The zero-order chi connectivity index (χ0) is 10.5. The summed E-state index contributed by atoms with van der Waals surface area (Å²) in [4.78, 5) is 1.00. The summed E-state index contributed by atoms with van der Waals surface area (Å²) in [5.41, 5.74) is 1.17. The molecule has 16 heavy (non-hydrogen) atoms. The monoisotopic (exact) mass is 252 g/mol. The van der Waals surface area contributed by atoms with E-state index in [1.54, 1.807) is 0 Å². The van der Waals surface area contributed by atoms with E-state index in [-0.39, 0.29) is 12.4 Å². The first-order valence-electron chi connectivity index (χ1n) is 4.85. The maximum Gasteiger partial charge on any atom is 0.190 e. The van der Waals surface area contributed by atoms with Crippen LogP contribution in [0.2, 0.25) is 0 Å². The maximum atomic E-state index is 10.0. The number of hydrogen-bond donors (Lipinski definition) is 1. The second-order valence-corrected chi connectivity index (χ2v) is 4.80. The van der Waals surface area contributed by atoms with Gasteiger partial charge < -0.3 is 12.4 Å². The molecule has 0 spiro atoms. The molecule has 2 rings (SSSR count). The normalized spacial score (nSPS) is 11.6. The summed E-state index contributed by atoms with van der Waals surface area (Å²) in [6.45, 7) is 0. The lowest BCUT2D eigenvalue weighted by Gasteiger charge is -1.99. The predicted octanol–water partition coefficient (Wildman–Crippen LogP) is 0.341. The minimum Gasteiger partial charge on any atom is -1.00 e. The average molecular weight is 253 g/mol. The van der Waals surface area contributed by atoms with Crippen molar-refractivity contribution in [3.8, 4) is 0 Å². The standard InChI is InChI=1S/C13H13OS.ClH/c14-15(13-9-5-2-6-10-13)11-12-7-3-1-4-8-12;/h1-10,14H,11H2;1H/q+1;/p-1. The van der Waals surface area contributed by atoms with Gasteiger partial charge in [-0.3, -0.25) is 0 Å². The van der Waals surface area contributed by atoms with Crippen LogP contribution in [0.15, 0.2) is 65.6 Å². The molecule has 0 saturated heterocycles. The molecule has 0 aliphatic heterocycles. The molecule has 3 heteroatoms. The molecule has 0 aliphatic carbocycles. The lowest BCUT2D eigenvalue weighted by Crippen LogP contribution is -3.00. The van der Waals surface area contributed by atoms with Gasteiger partial charge in [-0.05, 0) is 12.1 Å². The molecule has 84 valence electrons. The van der Waals surface area contributed by atoms with Gasteiger partial charge >= 0.3 is 0 Å². The Hall–Kier alpha value is -0.960. The van der Waals surface area contributed by atoms with Gasteiger partial charge in [-0.15, -0.1) is 0 Å². The fraction of sp³-hybridized carbons (Fsp3) is 0.0769. The Kier molecular flexibility index (Phi) is 5.39. The van der Waals surface area contributed by atoms with E-state index in [4.69, 9.17) is 0 Å². The smallest absolute Gasteiger partial charge is 0.190 e. The van der Waals surface area contributed by atoms with E-state index in [0.29, 0.717) is 5.75 Å². The third-order valence-corrected chi connectivity index (χ3v) is 3.58. The lowest BCUT2D eigenvalue weighted by atomic mass is 10.2. The van der Waals surface area contributed by atoms with Gasteiger partial charge in [0, 0.05) is 5.56 Å². The number of halogens is 1. The van der Waals surface area contributed by atoms with Crippen molar-refractivity contribution in [1.82, 2.24) is 0 Å². The van der Waals surface area contributed by atoms with Crippen molar-refractivity contribution in [3.63, 3.8) is 0 Å². The van der Waals surface area contributed by atoms with Crippen molar-refractivity contribution < 1.29 is 17.0 Å². The minimum absolute atomic E-state index is 0. The van der Waals surface area contributed by atoms with Gasteiger partial charge in [-0.25, -0.2) is 0 Å². The van der Waals surface area contributed by atoms with Crippen LogP contribution < -0.4 is 12.4 Å². The first-order valence-corrected chi connectivity index (χ1v) is 6.20. The zero-order valence-corrected chi connectivity index (χ0v) is 10.3. The van der Waals surface area contributed by atoms with Gasteiger partial charge in [0.25, 0.3) is 0 Å². The summed E-state index contributed by atoms with van der Waals surface area (Å²) in [5.74, 6) is 0.699. The van der Waals surface area contributed by atoms with Gasteiger partial charge in [-0.2, -0.15) is 4.55 Å². The fourth-order valence-electron chi connectivity index (χ4n) is 1.39. The van der Waals surface area contributed by atoms with Gasteiger partial charge in [0.05, 0.1) is 0 Å².